The summed E-state index contributed by atoms with van der Waals surface area (Å²) in [6.45, 7) is 0. The smallest absolute Gasteiger partial charge is 0.0312 e. The topological polar surface area (TPSA) is 0 Å². The minimum absolute atomic E-state index is 0. The second-order valence-corrected chi connectivity index (χ2v) is 6.15. The molecule has 0 aromatic heterocycles. The minimum Gasteiger partial charge on any atom is -0.0312 e. The van der Waals surface area contributed by atoms with Crippen molar-refractivity contribution in [3.63, 3.8) is 0 Å². The zero-order chi connectivity index (χ0) is 15.9. The van der Waals surface area contributed by atoms with Crippen LogP contribution >= 0.6 is 31.0 Å². The van der Waals surface area contributed by atoms with E-state index in [1.54, 1.807) is 24.3 Å². The Kier molecular flexibility index (Phi) is 9.28. The molecule has 1 aliphatic carbocycles. The third kappa shape index (κ3) is 29.1. The van der Waals surface area contributed by atoms with Crippen LogP contribution in [0, 0.1) is 32.1 Å². The quantitative estimate of drug-likeness (QED) is 0.236. The van der Waals surface area contributed by atoms with Gasteiger partial charge in [0.2, 0.25) is 0 Å². The standard InChI is InChI=1S/C6H4Cl2.C5H5.F6P.Fe/c7-5-1-2-6(8)4-3-5;1-2-4-5-3-1;1-7(2,3,4,5)6;/h1-4H;1-5H;;/q;;-1;+2. The van der Waals surface area contributed by atoms with Gasteiger partial charge in [-0.1, -0.05) is 23.2 Å². The summed E-state index contributed by atoms with van der Waals surface area (Å²) in [7, 11) is -10.7. The Bertz CT molecular complexity index is 362. The number of benzene rings is 1. The Hall–Kier alpha value is 0.329. The van der Waals surface area contributed by atoms with Crippen molar-refractivity contribution in [2.45, 2.75) is 0 Å². The van der Waals surface area contributed by atoms with Gasteiger partial charge in [-0.2, -0.15) is 0 Å². The van der Waals surface area contributed by atoms with Crippen molar-refractivity contribution in [3.05, 3.63) is 66.4 Å². The predicted octanol–water partition coefficient (Wildman–Crippen LogP) is 7.39. The summed E-state index contributed by atoms with van der Waals surface area (Å²) in [5.41, 5.74) is 0. The summed E-state index contributed by atoms with van der Waals surface area (Å²) < 4.78 is 59.2. The van der Waals surface area contributed by atoms with Gasteiger partial charge in [0.15, 0.2) is 0 Å². The van der Waals surface area contributed by atoms with E-state index in [9.17, 15) is 25.2 Å². The van der Waals surface area contributed by atoms with Gasteiger partial charge in [-0.3, -0.25) is 0 Å². The van der Waals surface area contributed by atoms with E-state index < -0.39 is 7.81 Å². The number of hydrogen-bond donors (Lipinski definition) is 0. The average Bonchev–Trinajstić information content (AvgIpc) is 2.76. The van der Waals surface area contributed by atoms with E-state index >= 15 is 0 Å². The van der Waals surface area contributed by atoms with E-state index in [0.717, 1.165) is 10.0 Å². The van der Waals surface area contributed by atoms with Gasteiger partial charge in [0.05, 0.1) is 0 Å². The van der Waals surface area contributed by atoms with Crippen LogP contribution in [0.15, 0.2) is 24.3 Å². The molecule has 1 aliphatic rings. The molecule has 121 valence electrons. The molecule has 1 aromatic carbocycles. The van der Waals surface area contributed by atoms with E-state index in [2.05, 4.69) is 0 Å². The van der Waals surface area contributed by atoms with Gasteiger partial charge in [-0.15, -0.1) is 0 Å². The molecule has 2 rings (SSSR count). The molecule has 0 unspecified atom stereocenters. The molecular formula is C11H9Cl2F6FeP+. The maximum Gasteiger partial charge on any atom is 2.00 e. The van der Waals surface area contributed by atoms with Crippen LogP contribution < -0.4 is 0 Å². The molecule has 0 spiro atoms. The molecule has 0 N–H and O–H groups in total. The van der Waals surface area contributed by atoms with Gasteiger partial charge in [0.25, 0.3) is 0 Å². The molecule has 21 heavy (non-hydrogen) atoms. The van der Waals surface area contributed by atoms with Gasteiger partial charge in [-0.25, -0.2) is 0 Å². The van der Waals surface area contributed by atoms with E-state index in [1.807, 2.05) is 32.1 Å². The molecule has 1 saturated carbocycles. The Morgan fingerprint density at radius 3 is 0.857 bits per heavy atom. The van der Waals surface area contributed by atoms with Crippen LogP contribution in [0.3, 0.4) is 0 Å². The van der Waals surface area contributed by atoms with Crippen molar-refractivity contribution < 1.29 is 42.3 Å². The Labute approximate surface area is 139 Å². The zero-order valence-electron chi connectivity index (χ0n) is 10.0. The number of halogens is 8. The van der Waals surface area contributed by atoms with Gasteiger partial charge in [-0.05, 0) is 56.4 Å². The van der Waals surface area contributed by atoms with Crippen molar-refractivity contribution in [2.24, 2.45) is 0 Å². The van der Waals surface area contributed by atoms with Crippen molar-refractivity contribution in [3.8, 4) is 0 Å². The Morgan fingerprint density at radius 1 is 0.571 bits per heavy atom. The van der Waals surface area contributed by atoms with Crippen LogP contribution in [0.5, 0.6) is 0 Å². The molecule has 0 heterocycles. The third-order valence-electron chi connectivity index (χ3n) is 1.36. The molecule has 0 amide bonds. The first-order valence-corrected chi connectivity index (χ1v) is 7.66. The maximum absolute atomic E-state index is 10.7. The molecule has 10 heteroatoms. The molecule has 1 fully saturated rings. The van der Waals surface area contributed by atoms with Crippen molar-refractivity contribution in [2.75, 3.05) is 0 Å². The summed E-state index contributed by atoms with van der Waals surface area (Å²) in [5, 5.41) is 1.43. The first kappa shape index (κ1) is 23.6. The second kappa shape index (κ2) is 8.26. The second-order valence-electron chi connectivity index (χ2n) is 3.36. The number of hydrogen-bond acceptors (Lipinski definition) is 0. The SMILES string of the molecule is Clc1ccc(Cl)cc1.F[P-](F)(F)(F)(F)F.[CH]1[CH][CH][CH][CH]1.[Fe+2]. The minimum atomic E-state index is -10.7. The first-order valence-electron chi connectivity index (χ1n) is 4.88. The molecule has 0 nitrogen and oxygen atoms in total. The summed E-state index contributed by atoms with van der Waals surface area (Å²) >= 11 is 11.1. The van der Waals surface area contributed by atoms with Gasteiger partial charge < -0.3 is 0 Å². The maximum atomic E-state index is 9.87. The molecule has 0 aliphatic heterocycles. The van der Waals surface area contributed by atoms with Crippen LogP contribution in [-0.2, 0) is 17.1 Å². The Balaban J connectivity index is 0. The predicted molar refractivity (Wildman–Crippen MR) is 71.5 cm³/mol. The van der Waals surface area contributed by atoms with E-state index in [-0.39, 0.29) is 17.1 Å². The van der Waals surface area contributed by atoms with Crippen molar-refractivity contribution in [1.29, 1.82) is 0 Å². The summed E-state index contributed by atoms with van der Waals surface area (Å²) in [6.07, 6.45) is 10.0. The third-order valence-corrected chi connectivity index (χ3v) is 1.86. The Morgan fingerprint density at radius 2 is 0.714 bits per heavy atom. The van der Waals surface area contributed by atoms with Gasteiger partial charge in [0, 0.05) is 10.0 Å². The fourth-order valence-corrected chi connectivity index (χ4v) is 1.00. The molecular weight excluding hydrogens is 404 g/mol. The first-order chi connectivity index (χ1) is 8.74. The van der Waals surface area contributed by atoms with Crippen molar-refractivity contribution in [1.82, 2.24) is 0 Å². The van der Waals surface area contributed by atoms with Crippen LogP contribution in [0.25, 0.3) is 0 Å². The van der Waals surface area contributed by atoms with E-state index in [1.165, 1.54) is 0 Å². The molecule has 0 saturated heterocycles. The van der Waals surface area contributed by atoms with E-state index in [4.69, 9.17) is 23.2 Å². The summed E-state index contributed by atoms with van der Waals surface area (Å²) in [4.78, 5) is 0. The largest absolute Gasteiger partial charge is 2.00 e. The molecule has 0 atom stereocenters. The van der Waals surface area contributed by atoms with Crippen LogP contribution in [-0.4, -0.2) is 0 Å². The summed E-state index contributed by atoms with van der Waals surface area (Å²) in [6, 6.07) is 7.02. The molecule has 1 aromatic rings. The average molecular weight is 413 g/mol. The fraction of sp³-hybridized carbons (Fsp3) is 0. The molecule has 0 bridgehead atoms. The monoisotopic (exact) mass is 412 g/mol. The normalized spacial score (nSPS) is 17.0. The van der Waals surface area contributed by atoms with Crippen LogP contribution in [0.4, 0.5) is 25.2 Å². The van der Waals surface area contributed by atoms with Gasteiger partial charge >= 0.3 is 50.1 Å². The van der Waals surface area contributed by atoms with Crippen LogP contribution in [0.2, 0.25) is 10.0 Å². The summed E-state index contributed by atoms with van der Waals surface area (Å²) in [5.74, 6) is 0. The van der Waals surface area contributed by atoms with Gasteiger partial charge in [0.1, 0.15) is 0 Å². The van der Waals surface area contributed by atoms with E-state index in [0.29, 0.717) is 0 Å². The van der Waals surface area contributed by atoms with Crippen molar-refractivity contribution >= 4 is 31.0 Å². The zero-order valence-corrected chi connectivity index (χ0v) is 13.5. The number of rotatable bonds is 0. The van der Waals surface area contributed by atoms with Crippen LogP contribution in [0.1, 0.15) is 0 Å². The fourth-order valence-electron chi connectivity index (χ4n) is 0.750. The molecule has 5 radical (unpaired) electrons.